The number of nitro groups is 1. The molecule has 2 N–H and O–H groups in total. The molecule has 38 heavy (non-hydrogen) atoms. The molecule has 1 unspecified atom stereocenters. The average Bonchev–Trinajstić information content (AvgIpc) is 2.92. The standard InChI is InChI=1S/C25H28FN5O7/c26-19-4-1-17(2-5-19)20(16-23(32)33)27-24(34)18-3-6-21(22(15-18)31(36)37)28-7-9-29(10-8-28)25(35)30-11-13-38-14-12-30/h1-6,15,20H,7-14,16H2,(H,27,34)(H,32,33). The van der Waals surface area contributed by atoms with E-state index in [4.69, 9.17) is 4.74 Å². The number of halogens is 1. The second kappa shape index (κ2) is 11.9. The van der Waals surface area contributed by atoms with Crippen LogP contribution in [0.5, 0.6) is 0 Å². The number of urea groups is 1. The molecule has 2 heterocycles. The molecular formula is C25H28FN5O7. The number of anilines is 1. The van der Waals surface area contributed by atoms with Gasteiger partial charge in [-0.3, -0.25) is 19.7 Å². The van der Waals surface area contributed by atoms with E-state index in [0.717, 1.165) is 18.2 Å². The number of aliphatic carboxylic acids is 1. The van der Waals surface area contributed by atoms with Crippen molar-refractivity contribution in [2.24, 2.45) is 0 Å². The first kappa shape index (κ1) is 26.8. The number of hydrogen-bond acceptors (Lipinski definition) is 7. The molecule has 12 nitrogen and oxygen atoms in total. The minimum Gasteiger partial charge on any atom is -0.481 e. The van der Waals surface area contributed by atoms with Crippen LogP contribution in [0, 0.1) is 15.9 Å². The third-order valence-electron chi connectivity index (χ3n) is 6.56. The van der Waals surface area contributed by atoms with E-state index in [2.05, 4.69) is 5.32 Å². The van der Waals surface area contributed by atoms with Gasteiger partial charge < -0.3 is 29.9 Å². The lowest BCUT2D eigenvalue weighted by atomic mass is 10.0. The van der Waals surface area contributed by atoms with Crippen molar-refractivity contribution in [3.63, 3.8) is 0 Å². The molecule has 2 saturated heterocycles. The summed E-state index contributed by atoms with van der Waals surface area (Å²) in [5.41, 5.74) is 0.421. The van der Waals surface area contributed by atoms with Crippen LogP contribution in [-0.2, 0) is 9.53 Å². The van der Waals surface area contributed by atoms with Crippen molar-refractivity contribution >= 4 is 29.3 Å². The maximum atomic E-state index is 13.3. The number of carboxylic acid groups (broad SMARTS) is 1. The summed E-state index contributed by atoms with van der Waals surface area (Å²) in [7, 11) is 0. The first-order valence-electron chi connectivity index (χ1n) is 12.2. The third kappa shape index (κ3) is 6.35. The molecule has 13 heteroatoms. The van der Waals surface area contributed by atoms with Gasteiger partial charge in [0, 0.05) is 50.9 Å². The van der Waals surface area contributed by atoms with Crippen molar-refractivity contribution in [1.29, 1.82) is 0 Å². The minimum absolute atomic E-state index is 0.0147. The first-order valence-corrected chi connectivity index (χ1v) is 12.2. The number of amides is 3. The number of piperazine rings is 1. The van der Waals surface area contributed by atoms with Crippen LogP contribution in [-0.4, -0.2) is 90.2 Å². The van der Waals surface area contributed by atoms with Crippen molar-refractivity contribution in [2.75, 3.05) is 57.4 Å². The highest BCUT2D eigenvalue weighted by Crippen LogP contribution is 2.31. The van der Waals surface area contributed by atoms with E-state index in [1.165, 1.54) is 24.3 Å². The van der Waals surface area contributed by atoms with Gasteiger partial charge in [0.15, 0.2) is 0 Å². The minimum atomic E-state index is -1.17. The Morgan fingerprint density at radius 1 is 1.00 bits per heavy atom. The largest absolute Gasteiger partial charge is 0.481 e. The van der Waals surface area contributed by atoms with E-state index in [1.54, 1.807) is 14.7 Å². The Kier molecular flexibility index (Phi) is 8.36. The predicted molar refractivity (Wildman–Crippen MR) is 134 cm³/mol. The summed E-state index contributed by atoms with van der Waals surface area (Å²) < 4.78 is 18.6. The summed E-state index contributed by atoms with van der Waals surface area (Å²) in [6, 6.07) is 8.09. The van der Waals surface area contributed by atoms with Crippen molar-refractivity contribution in [3.8, 4) is 0 Å². The number of nitrogens with zero attached hydrogens (tertiary/aromatic N) is 4. The number of hydrogen-bond donors (Lipinski definition) is 2. The molecule has 0 aliphatic carbocycles. The molecule has 0 radical (unpaired) electrons. The Hall–Kier alpha value is -4.26. The van der Waals surface area contributed by atoms with Gasteiger partial charge in [-0.05, 0) is 29.8 Å². The van der Waals surface area contributed by atoms with E-state index in [0.29, 0.717) is 63.7 Å². The predicted octanol–water partition coefficient (Wildman–Crippen LogP) is 2.25. The Bertz CT molecular complexity index is 1200. The van der Waals surface area contributed by atoms with Crippen LogP contribution in [0.25, 0.3) is 0 Å². The summed E-state index contributed by atoms with van der Waals surface area (Å²) in [4.78, 5) is 53.6. The van der Waals surface area contributed by atoms with Gasteiger partial charge >= 0.3 is 12.0 Å². The van der Waals surface area contributed by atoms with Gasteiger partial charge in [-0.1, -0.05) is 12.1 Å². The number of morpholine rings is 1. The lowest BCUT2D eigenvalue weighted by Gasteiger charge is -2.39. The summed E-state index contributed by atoms with van der Waals surface area (Å²) in [5.74, 6) is -2.38. The molecule has 0 aromatic heterocycles. The number of nitro benzene ring substituents is 1. The number of benzene rings is 2. The van der Waals surface area contributed by atoms with Crippen LogP contribution in [0.15, 0.2) is 42.5 Å². The average molecular weight is 530 g/mol. The lowest BCUT2D eigenvalue weighted by Crippen LogP contribution is -2.54. The Morgan fingerprint density at radius 3 is 2.24 bits per heavy atom. The van der Waals surface area contributed by atoms with E-state index in [-0.39, 0.29) is 17.3 Å². The Labute approximate surface area is 217 Å². The molecule has 2 aromatic rings. The first-order chi connectivity index (χ1) is 18.2. The Balaban J connectivity index is 1.46. The van der Waals surface area contributed by atoms with Crippen LogP contribution in [0.4, 0.5) is 20.6 Å². The normalized spacial score (nSPS) is 16.6. The van der Waals surface area contributed by atoms with Crippen LogP contribution in [0.3, 0.4) is 0 Å². The molecule has 1 atom stereocenters. The van der Waals surface area contributed by atoms with Gasteiger partial charge in [-0.2, -0.15) is 0 Å². The second-order valence-corrected chi connectivity index (χ2v) is 8.99. The van der Waals surface area contributed by atoms with E-state index >= 15 is 0 Å². The Morgan fingerprint density at radius 2 is 1.63 bits per heavy atom. The number of carboxylic acids is 1. The topological polar surface area (TPSA) is 146 Å². The number of nitrogens with one attached hydrogen (secondary N) is 1. The monoisotopic (exact) mass is 529 g/mol. The van der Waals surface area contributed by atoms with Crippen molar-refractivity contribution in [1.82, 2.24) is 15.1 Å². The third-order valence-corrected chi connectivity index (χ3v) is 6.56. The summed E-state index contributed by atoms with van der Waals surface area (Å²) in [6.07, 6.45) is -0.453. The quantitative estimate of drug-likeness (QED) is 0.410. The highest BCUT2D eigenvalue weighted by molar-refractivity contribution is 5.96. The zero-order valence-electron chi connectivity index (χ0n) is 20.5. The van der Waals surface area contributed by atoms with Crippen LogP contribution >= 0.6 is 0 Å². The van der Waals surface area contributed by atoms with E-state index < -0.39 is 35.1 Å². The van der Waals surface area contributed by atoms with Crippen LogP contribution < -0.4 is 10.2 Å². The van der Waals surface area contributed by atoms with E-state index in [9.17, 15) is 34.0 Å². The van der Waals surface area contributed by atoms with Gasteiger partial charge in [0.25, 0.3) is 11.6 Å². The fraction of sp³-hybridized carbons (Fsp3) is 0.400. The van der Waals surface area contributed by atoms with Gasteiger partial charge in [-0.25, -0.2) is 9.18 Å². The molecule has 0 spiro atoms. The molecule has 2 aliphatic heterocycles. The molecular weight excluding hydrogens is 501 g/mol. The second-order valence-electron chi connectivity index (χ2n) is 8.99. The van der Waals surface area contributed by atoms with E-state index in [1.807, 2.05) is 0 Å². The summed E-state index contributed by atoms with van der Waals surface area (Å²) >= 11 is 0. The number of rotatable bonds is 7. The lowest BCUT2D eigenvalue weighted by molar-refractivity contribution is -0.384. The van der Waals surface area contributed by atoms with Crippen LogP contribution in [0.2, 0.25) is 0 Å². The highest BCUT2D eigenvalue weighted by atomic mass is 19.1. The number of ether oxygens (including phenoxy) is 1. The number of carbonyl (C=O) groups is 3. The zero-order valence-corrected chi connectivity index (χ0v) is 20.5. The van der Waals surface area contributed by atoms with Crippen molar-refractivity contribution in [3.05, 3.63) is 69.5 Å². The fourth-order valence-electron chi connectivity index (χ4n) is 4.54. The highest BCUT2D eigenvalue weighted by Gasteiger charge is 2.30. The molecule has 2 aliphatic rings. The molecule has 2 aromatic carbocycles. The summed E-state index contributed by atoms with van der Waals surface area (Å²) in [5, 5.41) is 23.7. The molecule has 2 fully saturated rings. The molecule has 3 amide bonds. The number of carbonyl (C=O) groups excluding carboxylic acids is 2. The summed E-state index contributed by atoms with van der Waals surface area (Å²) in [6.45, 7) is 3.61. The molecule has 202 valence electrons. The SMILES string of the molecule is O=C(O)CC(NC(=O)c1ccc(N2CCN(C(=O)N3CCOCC3)CC2)c([N+](=O)[O-])c1)c1ccc(F)cc1. The smallest absolute Gasteiger partial charge is 0.320 e. The van der Waals surface area contributed by atoms with Crippen molar-refractivity contribution in [2.45, 2.75) is 12.5 Å². The zero-order chi connectivity index (χ0) is 27.2. The van der Waals surface area contributed by atoms with Crippen LogP contribution in [0.1, 0.15) is 28.4 Å². The van der Waals surface area contributed by atoms with Gasteiger partial charge in [0.2, 0.25) is 0 Å². The molecule has 4 rings (SSSR count). The van der Waals surface area contributed by atoms with Crippen molar-refractivity contribution < 1.29 is 33.5 Å². The maximum absolute atomic E-state index is 13.3. The molecule has 0 bridgehead atoms. The van der Waals surface area contributed by atoms with Gasteiger partial charge in [0.1, 0.15) is 11.5 Å². The van der Waals surface area contributed by atoms with Gasteiger partial charge in [0.05, 0.1) is 30.6 Å². The van der Waals surface area contributed by atoms with Gasteiger partial charge in [-0.15, -0.1) is 0 Å². The molecule has 0 saturated carbocycles. The fourth-order valence-corrected chi connectivity index (χ4v) is 4.54. The maximum Gasteiger partial charge on any atom is 0.320 e.